The minimum Gasteiger partial charge on any atom is -0.462 e. The molecule has 0 saturated heterocycles. The summed E-state index contributed by atoms with van der Waals surface area (Å²) in [7, 11) is -5.13. The van der Waals surface area contributed by atoms with Crippen molar-refractivity contribution < 1.29 is 63.1 Å². The number of aliphatic hydroxyl groups is 5. The van der Waals surface area contributed by atoms with Gasteiger partial charge in [0.2, 0.25) is 0 Å². The van der Waals surface area contributed by atoms with E-state index in [0.717, 1.165) is 51.4 Å². The number of ether oxygens (including phenoxy) is 2. The first-order chi connectivity index (χ1) is 30.9. The highest BCUT2D eigenvalue weighted by molar-refractivity contribution is 7.47. The molecule has 1 aliphatic rings. The number of rotatable bonds is 43. The molecule has 14 heteroatoms. The number of unbranched alkanes of at least 4 members (excludes halogenated alkanes) is 27. The quantitative estimate of drug-likeness (QED) is 0.0146. The third-order valence-corrected chi connectivity index (χ3v) is 13.0. The Kier molecular flexibility index (Phi) is 38.1. The maximum Gasteiger partial charge on any atom is 0.472 e. The molecule has 0 aromatic heterocycles. The molecule has 0 radical (unpaired) electrons. The monoisotopic (exact) mass is 933 g/mol. The zero-order valence-corrected chi connectivity index (χ0v) is 41.0. The fraction of sp³-hybridized carbons (Fsp3) is 0.880. The summed E-state index contributed by atoms with van der Waals surface area (Å²) < 4.78 is 33.5. The second kappa shape index (κ2) is 40.4. The molecule has 0 aromatic carbocycles. The highest BCUT2D eigenvalue weighted by Crippen LogP contribution is 2.47. The summed E-state index contributed by atoms with van der Waals surface area (Å²) in [6, 6.07) is 0. The van der Waals surface area contributed by atoms with Gasteiger partial charge < -0.3 is 39.9 Å². The second-order valence-corrected chi connectivity index (χ2v) is 19.4. The van der Waals surface area contributed by atoms with Gasteiger partial charge in [0.15, 0.2) is 6.10 Å². The van der Waals surface area contributed by atoms with E-state index in [9.17, 15) is 44.6 Å². The van der Waals surface area contributed by atoms with Gasteiger partial charge in [0.1, 0.15) is 43.2 Å². The van der Waals surface area contributed by atoms with Crippen LogP contribution in [-0.2, 0) is 32.7 Å². The van der Waals surface area contributed by atoms with E-state index in [-0.39, 0.29) is 12.8 Å². The molecule has 6 N–H and O–H groups in total. The van der Waals surface area contributed by atoms with E-state index in [2.05, 4.69) is 38.2 Å². The molecule has 0 aromatic rings. The van der Waals surface area contributed by atoms with Gasteiger partial charge in [-0.25, -0.2) is 4.57 Å². The summed E-state index contributed by atoms with van der Waals surface area (Å²) in [4.78, 5) is 35.7. The summed E-state index contributed by atoms with van der Waals surface area (Å²) in [6.07, 6.45) is 32.5. The number of phosphoric ester groups is 1. The van der Waals surface area contributed by atoms with E-state index in [1.807, 2.05) is 0 Å². The van der Waals surface area contributed by atoms with Crippen LogP contribution in [-0.4, -0.2) is 98.3 Å². The van der Waals surface area contributed by atoms with Gasteiger partial charge in [-0.05, 0) is 57.8 Å². The lowest BCUT2D eigenvalue weighted by Gasteiger charge is -2.41. The molecule has 0 heterocycles. The predicted octanol–water partition coefficient (Wildman–Crippen LogP) is 10.8. The van der Waals surface area contributed by atoms with E-state index >= 15 is 0 Å². The number of hydrogen-bond acceptors (Lipinski definition) is 12. The summed E-state index contributed by atoms with van der Waals surface area (Å²) in [6.45, 7) is 3.27. The Balaban J connectivity index is 2.37. The smallest absolute Gasteiger partial charge is 0.462 e. The number of phosphoric acid groups is 1. The Morgan fingerprint density at radius 3 is 1.27 bits per heavy atom. The van der Waals surface area contributed by atoms with E-state index in [1.54, 1.807) is 0 Å². The maximum atomic E-state index is 12.8. The van der Waals surface area contributed by atoms with Crippen LogP contribution in [0.15, 0.2) is 24.3 Å². The van der Waals surface area contributed by atoms with Gasteiger partial charge in [0, 0.05) is 12.8 Å². The first-order valence-corrected chi connectivity index (χ1v) is 27.1. The number of allylic oxidation sites excluding steroid dienone is 4. The van der Waals surface area contributed by atoms with E-state index < -0.39 is 75.7 Å². The van der Waals surface area contributed by atoms with Crippen LogP contribution in [0.2, 0.25) is 0 Å². The highest BCUT2D eigenvalue weighted by atomic mass is 31.2. The molecule has 6 unspecified atom stereocenters. The summed E-state index contributed by atoms with van der Waals surface area (Å²) in [5.41, 5.74) is 0. The Morgan fingerprint density at radius 1 is 0.469 bits per heavy atom. The normalized spacial score (nSPS) is 21.7. The number of carbonyl (C=O) groups excluding carboxylic acids is 2. The van der Waals surface area contributed by atoms with Gasteiger partial charge in [0.05, 0.1) is 6.61 Å². The van der Waals surface area contributed by atoms with Gasteiger partial charge in [-0.1, -0.05) is 179 Å². The van der Waals surface area contributed by atoms with E-state index in [1.165, 1.54) is 128 Å². The van der Waals surface area contributed by atoms with Gasteiger partial charge in [-0.2, -0.15) is 0 Å². The maximum absolute atomic E-state index is 12.8. The van der Waals surface area contributed by atoms with Crippen LogP contribution >= 0.6 is 7.82 Å². The van der Waals surface area contributed by atoms with Gasteiger partial charge >= 0.3 is 19.8 Å². The van der Waals surface area contributed by atoms with Crippen LogP contribution in [0.4, 0.5) is 0 Å². The molecule has 376 valence electrons. The first-order valence-electron chi connectivity index (χ1n) is 25.6. The van der Waals surface area contributed by atoms with Crippen LogP contribution in [0.5, 0.6) is 0 Å². The van der Waals surface area contributed by atoms with Gasteiger partial charge in [-0.15, -0.1) is 0 Å². The molecule has 0 spiro atoms. The van der Waals surface area contributed by atoms with Crippen molar-refractivity contribution in [3.63, 3.8) is 0 Å². The molecule has 64 heavy (non-hydrogen) atoms. The molecule has 13 nitrogen and oxygen atoms in total. The van der Waals surface area contributed by atoms with Crippen molar-refractivity contribution in [1.82, 2.24) is 0 Å². The van der Waals surface area contributed by atoms with Crippen molar-refractivity contribution in [3.8, 4) is 0 Å². The lowest BCUT2D eigenvalue weighted by Crippen LogP contribution is -2.64. The highest BCUT2D eigenvalue weighted by Gasteiger charge is 2.51. The molecule has 0 amide bonds. The third kappa shape index (κ3) is 32.1. The van der Waals surface area contributed by atoms with Crippen molar-refractivity contribution in [2.45, 2.75) is 268 Å². The zero-order valence-electron chi connectivity index (χ0n) is 40.1. The lowest BCUT2D eigenvalue weighted by molar-refractivity contribution is -0.220. The number of carbonyl (C=O) groups is 2. The fourth-order valence-electron chi connectivity index (χ4n) is 7.88. The van der Waals surface area contributed by atoms with Crippen molar-refractivity contribution >= 4 is 19.8 Å². The molecular weight excluding hydrogens is 840 g/mol. The number of esters is 2. The average molecular weight is 933 g/mol. The van der Waals surface area contributed by atoms with Crippen LogP contribution in [0.25, 0.3) is 0 Å². The standard InChI is InChI=1S/C50H93O13P/c1-3-5-7-9-11-13-15-17-18-19-20-21-22-23-24-25-26-27-29-31-33-35-37-39-44(52)62-42(40-60-43(51)38-36-34-32-30-28-16-14-12-10-8-6-4-2)41-61-64(58,59)63-50-48(56)46(54)45(53)47(55)49(50)57/h12,14,31,33,42,45-50,53-57H,3-11,13,15-30,32,34-41H2,1-2H3,(H,58,59)/b14-12+,33-31+/t42-,45?,46+,47?,48?,49?,50?/m1/s1. The number of aliphatic hydroxyl groups excluding tert-OH is 5. The minimum atomic E-state index is -5.13. The molecule has 1 aliphatic carbocycles. The Hall–Kier alpha value is -1.67. The van der Waals surface area contributed by atoms with Crippen molar-refractivity contribution in [3.05, 3.63) is 24.3 Å². The molecule has 1 rings (SSSR count). The fourth-order valence-corrected chi connectivity index (χ4v) is 8.85. The van der Waals surface area contributed by atoms with Crippen LogP contribution in [0.3, 0.4) is 0 Å². The van der Waals surface area contributed by atoms with Crippen LogP contribution in [0, 0.1) is 0 Å². The minimum absolute atomic E-state index is 0.0501. The molecule has 0 bridgehead atoms. The molecule has 8 atom stereocenters. The van der Waals surface area contributed by atoms with E-state index in [4.69, 9.17) is 18.5 Å². The lowest BCUT2D eigenvalue weighted by atomic mass is 9.85. The van der Waals surface area contributed by atoms with Crippen molar-refractivity contribution in [2.24, 2.45) is 0 Å². The largest absolute Gasteiger partial charge is 0.472 e. The summed E-state index contributed by atoms with van der Waals surface area (Å²) in [5.74, 6) is -1.14. The second-order valence-electron chi connectivity index (χ2n) is 18.0. The van der Waals surface area contributed by atoms with Gasteiger partial charge in [0.25, 0.3) is 0 Å². The predicted molar refractivity (Wildman–Crippen MR) is 254 cm³/mol. The van der Waals surface area contributed by atoms with E-state index in [0.29, 0.717) is 19.3 Å². The molecule has 1 saturated carbocycles. The number of hydrogen-bond donors (Lipinski definition) is 6. The van der Waals surface area contributed by atoms with Crippen LogP contribution in [0.1, 0.15) is 226 Å². The van der Waals surface area contributed by atoms with Crippen molar-refractivity contribution in [1.29, 1.82) is 0 Å². The van der Waals surface area contributed by atoms with Gasteiger partial charge in [-0.3, -0.25) is 18.6 Å². The Labute approximate surface area is 387 Å². The van der Waals surface area contributed by atoms with Crippen LogP contribution < -0.4 is 0 Å². The topological polar surface area (TPSA) is 210 Å². The molecular formula is C50H93O13P. The summed E-state index contributed by atoms with van der Waals surface area (Å²) in [5, 5.41) is 50.2. The first kappa shape index (κ1) is 60.3. The average Bonchev–Trinajstić information content (AvgIpc) is 3.28. The molecule has 1 fully saturated rings. The Bertz CT molecular complexity index is 1220. The van der Waals surface area contributed by atoms with Crippen molar-refractivity contribution in [2.75, 3.05) is 13.2 Å². The SMILES string of the molecule is CCCCC/C=C/CCCCCCCC(=O)OC[C@H](COP(=O)(O)OC1C(O)C(O)C(O)[C@H](O)C1O)OC(=O)CCC/C=C/CCCCCCCCCCCCCCCCCCCC. The zero-order chi connectivity index (χ0) is 47.1. The summed E-state index contributed by atoms with van der Waals surface area (Å²) >= 11 is 0. The third-order valence-electron chi connectivity index (χ3n) is 12.0. The Morgan fingerprint density at radius 2 is 0.812 bits per heavy atom. The molecule has 0 aliphatic heterocycles.